The molecule has 0 unspecified atom stereocenters. The van der Waals surface area contributed by atoms with Crippen molar-refractivity contribution in [1.82, 2.24) is 0 Å². The average Bonchev–Trinajstić information content (AvgIpc) is 2.81. The first-order valence-corrected chi connectivity index (χ1v) is 11.8. The molecule has 0 aromatic heterocycles. The van der Waals surface area contributed by atoms with Gasteiger partial charge in [0.25, 0.3) is 0 Å². The number of rotatable bonds is 8. The molecule has 3 heteroatoms. The third-order valence-electron chi connectivity index (χ3n) is 6.34. The highest BCUT2D eigenvalue weighted by atomic mass is 19.2. The van der Waals surface area contributed by atoms with Gasteiger partial charge >= 0.3 is 0 Å². The highest BCUT2D eigenvalue weighted by Gasteiger charge is 2.21. The van der Waals surface area contributed by atoms with Gasteiger partial charge in [-0.25, -0.2) is 4.39 Å². The van der Waals surface area contributed by atoms with Gasteiger partial charge < -0.3 is 4.74 Å². The van der Waals surface area contributed by atoms with E-state index in [1.54, 1.807) is 0 Å². The molecule has 3 rings (SSSR count). The fourth-order valence-corrected chi connectivity index (χ4v) is 4.32. The van der Waals surface area contributed by atoms with Gasteiger partial charge in [0.05, 0.1) is 12.2 Å². The minimum absolute atomic E-state index is 0.0507. The molecule has 0 spiro atoms. The molecule has 1 nitrogen and oxygen atoms in total. The first-order valence-electron chi connectivity index (χ1n) is 11.8. The van der Waals surface area contributed by atoms with Crippen LogP contribution in [0.25, 0.3) is 0 Å². The van der Waals surface area contributed by atoms with Gasteiger partial charge in [-0.1, -0.05) is 63.5 Å². The number of benzene rings is 2. The monoisotopic (exact) mass is 424 g/mol. The van der Waals surface area contributed by atoms with Crippen molar-refractivity contribution in [2.45, 2.75) is 77.6 Å². The SMILES string of the molecule is CCCCOc1ccc(C#Cc2ccc([C@H]3CC[C@H](CCCC)CC3)cc2)c(F)c1F. The van der Waals surface area contributed by atoms with E-state index in [9.17, 15) is 8.78 Å². The molecule has 2 aromatic carbocycles. The molecule has 31 heavy (non-hydrogen) atoms. The van der Waals surface area contributed by atoms with E-state index in [1.807, 2.05) is 19.1 Å². The Labute approximate surface area is 186 Å². The van der Waals surface area contributed by atoms with Crippen LogP contribution < -0.4 is 4.74 Å². The van der Waals surface area contributed by atoms with Gasteiger partial charge in [-0.05, 0) is 73.8 Å². The number of unbranched alkanes of at least 4 members (excludes halogenated alkanes) is 2. The lowest BCUT2D eigenvalue weighted by molar-refractivity contribution is 0.288. The fourth-order valence-electron chi connectivity index (χ4n) is 4.32. The molecular formula is C28H34F2O. The van der Waals surface area contributed by atoms with E-state index in [0.717, 1.165) is 24.3 Å². The molecule has 0 heterocycles. The third-order valence-corrected chi connectivity index (χ3v) is 6.34. The van der Waals surface area contributed by atoms with Crippen LogP contribution in [0.4, 0.5) is 8.78 Å². The minimum Gasteiger partial charge on any atom is -0.490 e. The van der Waals surface area contributed by atoms with Gasteiger partial charge in [0.1, 0.15) is 0 Å². The summed E-state index contributed by atoms with van der Waals surface area (Å²) in [6.07, 6.45) is 10.9. The van der Waals surface area contributed by atoms with E-state index >= 15 is 0 Å². The Morgan fingerprint density at radius 1 is 0.839 bits per heavy atom. The summed E-state index contributed by atoms with van der Waals surface area (Å²) in [4.78, 5) is 0. The Morgan fingerprint density at radius 2 is 1.55 bits per heavy atom. The van der Waals surface area contributed by atoms with Crippen LogP contribution >= 0.6 is 0 Å². The standard InChI is InChI=1S/C28H34F2O/c1-3-5-7-21-8-13-23(14-9-21)24-15-10-22(11-16-24)12-17-25-18-19-26(28(30)27(25)29)31-20-6-4-2/h10-11,15-16,18-19,21,23H,3-9,13-14,20H2,1-2H3/t21-,23-. The van der Waals surface area contributed by atoms with Crippen molar-refractivity contribution < 1.29 is 13.5 Å². The molecule has 1 fully saturated rings. The van der Waals surface area contributed by atoms with Crippen molar-refractivity contribution >= 4 is 0 Å². The first kappa shape index (κ1) is 23.3. The minimum atomic E-state index is -0.965. The van der Waals surface area contributed by atoms with Crippen LogP contribution in [0.2, 0.25) is 0 Å². The van der Waals surface area contributed by atoms with Gasteiger partial charge in [-0.15, -0.1) is 0 Å². The Bertz CT molecular complexity index is 884. The number of hydrogen-bond acceptors (Lipinski definition) is 1. The van der Waals surface area contributed by atoms with E-state index < -0.39 is 11.6 Å². The second kappa shape index (κ2) is 11.9. The van der Waals surface area contributed by atoms with Crippen molar-refractivity contribution in [3.63, 3.8) is 0 Å². The molecule has 1 saturated carbocycles. The van der Waals surface area contributed by atoms with Crippen molar-refractivity contribution in [3.8, 4) is 17.6 Å². The number of hydrogen-bond donors (Lipinski definition) is 0. The van der Waals surface area contributed by atoms with Crippen molar-refractivity contribution in [2.75, 3.05) is 6.61 Å². The van der Waals surface area contributed by atoms with E-state index in [-0.39, 0.29) is 11.3 Å². The lowest BCUT2D eigenvalue weighted by atomic mass is 9.77. The van der Waals surface area contributed by atoms with Crippen LogP contribution in [-0.4, -0.2) is 6.61 Å². The van der Waals surface area contributed by atoms with E-state index in [2.05, 4.69) is 30.9 Å². The van der Waals surface area contributed by atoms with Crippen LogP contribution in [0.15, 0.2) is 36.4 Å². The summed E-state index contributed by atoms with van der Waals surface area (Å²) in [6, 6.07) is 11.2. The van der Waals surface area contributed by atoms with Gasteiger partial charge in [0, 0.05) is 5.56 Å². The zero-order chi connectivity index (χ0) is 22.1. The summed E-state index contributed by atoms with van der Waals surface area (Å²) in [6.45, 7) is 4.66. The predicted octanol–water partition coefficient (Wildman–Crippen LogP) is 8.01. The van der Waals surface area contributed by atoms with Crippen LogP contribution in [0.3, 0.4) is 0 Å². The summed E-state index contributed by atoms with van der Waals surface area (Å²) in [7, 11) is 0. The Kier molecular flexibility index (Phi) is 8.95. The fraction of sp³-hybridized carbons (Fsp3) is 0.500. The zero-order valence-electron chi connectivity index (χ0n) is 18.9. The zero-order valence-corrected chi connectivity index (χ0v) is 18.9. The lowest BCUT2D eigenvalue weighted by Gasteiger charge is -2.28. The smallest absolute Gasteiger partial charge is 0.201 e. The largest absolute Gasteiger partial charge is 0.490 e. The molecule has 0 saturated heterocycles. The molecule has 0 aliphatic heterocycles. The third kappa shape index (κ3) is 6.57. The molecule has 166 valence electrons. The maximum atomic E-state index is 14.3. The van der Waals surface area contributed by atoms with Crippen molar-refractivity contribution in [3.05, 3.63) is 64.7 Å². The van der Waals surface area contributed by atoms with Crippen molar-refractivity contribution in [2.24, 2.45) is 5.92 Å². The van der Waals surface area contributed by atoms with Crippen LogP contribution in [-0.2, 0) is 0 Å². The second-order valence-electron chi connectivity index (χ2n) is 8.67. The molecule has 0 radical (unpaired) electrons. The second-order valence-corrected chi connectivity index (χ2v) is 8.67. The average molecular weight is 425 g/mol. The molecule has 0 atom stereocenters. The van der Waals surface area contributed by atoms with E-state index in [0.29, 0.717) is 12.5 Å². The molecule has 0 bridgehead atoms. The molecule has 1 aliphatic carbocycles. The van der Waals surface area contributed by atoms with Crippen LogP contribution in [0.1, 0.15) is 94.2 Å². The number of halogens is 2. The first-order chi connectivity index (χ1) is 15.1. The van der Waals surface area contributed by atoms with Crippen LogP contribution in [0.5, 0.6) is 5.75 Å². The molecule has 1 aliphatic rings. The topological polar surface area (TPSA) is 9.23 Å². The molecular weight excluding hydrogens is 390 g/mol. The summed E-state index contributed by atoms with van der Waals surface area (Å²) in [5.41, 5.74) is 2.23. The number of ether oxygens (including phenoxy) is 1. The maximum absolute atomic E-state index is 14.3. The maximum Gasteiger partial charge on any atom is 0.201 e. The highest BCUT2D eigenvalue weighted by Crippen LogP contribution is 2.37. The lowest BCUT2D eigenvalue weighted by Crippen LogP contribution is -2.13. The Hall–Kier alpha value is -2.34. The summed E-state index contributed by atoms with van der Waals surface area (Å²) >= 11 is 0. The van der Waals surface area contributed by atoms with Gasteiger partial charge in [0.2, 0.25) is 5.82 Å². The predicted molar refractivity (Wildman–Crippen MR) is 123 cm³/mol. The Balaban J connectivity index is 1.60. The van der Waals surface area contributed by atoms with Gasteiger partial charge in [-0.3, -0.25) is 0 Å². The van der Waals surface area contributed by atoms with Crippen LogP contribution in [0, 0.1) is 29.4 Å². The van der Waals surface area contributed by atoms with E-state index in [1.165, 1.54) is 62.6 Å². The molecule has 2 aromatic rings. The van der Waals surface area contributed by atoms with Crippen molar-refractivity contribution in [1.29, 1.82) is 0 Å². The van der Waals surface area contributed by atoms with Gasteiger partial charge in [-0.2, -0.15) is 4.39 Å². The molecule has 0 N–H and O–H groups in total. The summed E-state index contributed by atoms with van der Waals surface area (Å²) in [5.74, 6) is 5.30. The molecule has 0 amide bonds. The van der Waals surface area contributed by atoms with E-state index in [4.69, 9.17) is 4.74 Å². The summed E-state index contributed by atoms with van der Waals surface area (Å²) < 4.78 is 33.8. The highest BCUT2D eigenvalue weighted by molar-refractivity contribution is 5.46. The summed E-state index contributed by atoms with van der Waals surface area (Å²) in [5, 5.41) is 0. The normalized spacial score (nSPS) is 18.3. The Morgan fingerprint density at radius 3 is 2.23 bits per heavy atom. The quantitative estimate of drug-likeness (QED) is 0.308. The van der Waals surface area contributed by atoms with Gasteiger partial charge in [0.15, 0.2) is 11.6 Å².